The van der Waals surface area contributed by atoms with E-state index in [1.807, 2.05) is 4.90 Å². The van der Waals surface area contributed by atoms with Crippen molar-refractivity contribution in [1.82, 2.24) is 15.0 Å². The van der Waals surface area contributed by atoms with Crippen LogP contribution in [-0.4, -0.2) is 52.9 Å². The number of aliphatic hydroxyl groups is 1. The molecule has 0 aromatic carbocycles. The first-order chi connectivity index (χ1) is 11.6. The van der Waals surface area contributed by atoms with E-state index in [0.717, 1.165) is 25.7 Å². The van der Waals surface area contributed by atoms with Gasteiger partial charge in [-0.25, -0.2) is 0 Å². The molecule has 1 N–H and O–H groups in total. The fourth-order valence-electron chi connectivity index (χ4n) is 4.04. The number of hydrogen-bond acceptors (Lipinski definition) is 6. The quantitative estimate of drug-likeness (QED) is 0.880. The van der Waals surface area contributed by atoms with Gasteiger partial charge in [-0.1, -0.05) is 31.3 Å². The molecule has 134 valence electrons. The predicted molar refractivity (Wildman–Crippen MR) is 86.1 cm³/mol. The molecule has 0 unspecified atom stereocenters. The molecule has 1 amide bonds. The number of carbonyl (C=O) groups excluding carboxylic acids is 1. The zero-order valence-electron chi connectivity index (χ0n) is 14.5. The van der Waals surface area contributed by atoms with E-state index in [-0.39, 0.29) is 29.8 Å². The number of nitrogens with zero attached hydrogens (tertiary/aromatic N) is 3. The van der Waals surface area contributed by atoms with Crippen LogP contribution in [0, 0.1) is 11.3 Å². The van der Waals surface area contributed by atoms with Gasteiger partial charge in [0.05, 0.1) is 5.92 Å². The van der Waals surface area contributed by atoms with E-state index in [2.05, 4.69) is 17.1 Å². The van der Waals surface area contributed by atoms with Gasteiger partial charge in [-0.05, 0) is 12.8 Å². The average molecular weight is 337 g/mol. The Kier molecular flexibility index (Phi) is 5.20. The molecule has 1 aromatic heterocycles. The molecule has 1 aliphatic heterocycles. The van der Waals surface area contributed by atoms with E-state index < -0.39 is 0 Å². The Morgan fingerprint density at radius 1 is 1.38 bits per heavy atom. The van der Waals surface area contributed by atoms with E-state index in [0.29, 0.717) is 31.4 Å². The summed E-state index contributed by atoms with van der Waals surface area (Å²) < 4.78 is 10.4. The standard InChI is InChI=1S/C17H27N3O4/c1-17(6-4-3-5-7-17)16(22)20-8-12(10-21)13(9-20)15-18-14(11-23-2)19-24-15/h12-13,21H,3-11H2,1-2H3/t12-,13+/m0/s1. The molecule has 1 saturated heterocycles. The van der Waals surface area contributed by atoms with Crippen molar-refractivity contribution in [1.29, 1.82) is 0 Å². The molecule has 1 aliphatic carbocycles. The summed E-state index contributed by atoms with van der Waals surface area (Å²) in [5.74, 6) is 1.03. The Morgan fingerprint density at radius 2 is 2.12 bits per heavy atom. The number of ether oxygens (including phenoxy) is 1. The second-order valence-corrected chi connectivity index (χ2v) is 7.36. The van der Waals surface area contributed by atoms with Crippen LogP contribution < -0.4 is 0 Å². The third-order valence-electron chi connectivity index (χ3n) is 5.51. The molecule has 2 atom stereocenters. The second kappa shape index (κ2) is 7.19. The molecule has 7 nitrogen and oxygen atoms in total. The Hall–Kier alpha value is -1.47. The van der Waals surface area contributed by atoms with Gasteiger partial charge in [-0.3, -0.25) is 4.79 Å². The summed E-state index contributed by atoms with van der Waals surface area (Å²) in [6.07, 6.45) is 5.36. The smallest absolute Gasteiger partial charge is 0.232 e. The van der Waals surface area contributed by atoms with E-state index >= 15 is 0 Å². The predicted octanol–water partition coefficient (Wildman–Crippen LogP) is 1.72. The highest BCUT2D eigenvalue weighted by Gasteiger charge is 2.44. The van der Waals surface area contributed by atoms with Crippen molar-refractivity contribution in [3.63, 3.8) is 0 Å². The van der Waals surface area contributed by atoms with Crippen molar-refractivity contribution in [3.8, 4) is 0 Å². The average Bonchev–Trinajstić information content (AvgIpc) is 3.21. The minimum absolute atomic E-state index is 0.00710. The van der Waals surface area contributed by atoms with Crippen molar-refractivity contribution in [2.75, 3.05) is 26.8 Å². The number of methoxy groups -OCH3 is 1. The van der Waals surface area contributed by atoms with Crippen molar-refractivity contribution in [2.45, 2.75) is 51.6 Å². The molecule has 0 spiro atoms. The van der Waals surface area contributed by atoms with Gasteiger partial charge in [0.1, 0.15) is 6.61 Å². The van der Waals surface area contributed by atoms with Crippen LogP contribution in [0.15, 0.2) is 4.52 Å². The zero-order valence-corrected chi connectivity index (χ0v) is 14.5. The van der Waals surface area contributed by atoms with Gasteiger partial charge < -0.3 is 19.3 Å². The van der Waals surface area contributed by atoms with E-state index in [9.17, 15) is 9.90 Å². The molecule has 7 heteroatoms. The summed E-state index contributed by atoms with van der Waals surface area (Å²) in [6.45, 7) is 3.47. The van der Waals surface area contributed by atoms with Crippen molar-refractivity contribution in [3.05, 3.63) is 11.7 Å². The van der Waals surface area contributed by atoms with Crippen LogP contribution in [0.25, 0.3) is 0 Å². The second-order valence-electron chi connectivity index (χ2n) is 7.36. The molecule has 24 heavy (non-hydrogen) atoms. The lowest BCUT2D eigenvalue weighted by Gasteiger charge is -2.35. The van der Waals surface area contributed by atoms with E-state index in [4.69, 9.17) is 9.26 Å². The zero-order chi connectivity index (χ0) is 17.2. The maximum absolute atomic E-state index is 13.0. The highest BCUT2D eigenvalue weighted by molar-refractivity contribution is 5.82. The summed E-state index contributed by atoms with van der Waals surface area (Å²) in [4.78, 5) is 19.3. The number of carbonyl (C=O) groups is 1. The molecule has 1 aromatic rings. The molecule has 3 rings (SSSR count). The number of aromatic nitrogens is 2. The van der Waals surface area contributed by atoms with Crippen molar-refractivity contribution >= 4 is 5.91 Å². The molecule has 2 fully saturated rings. The van der Waals surface area contributed by atoms with Crippen LogP contribution >= 0.6 is 0 Å². The van der Waals surface area contributed by atoms with Gasteiger partial charge in [-0.15, -0.1) is 0 Å². The SMILES string of the molecule is COCc1noc([C@@H]2CN(C(=O)C3(C)CCCCC3)C[C@H]2CO)n1. The molecule has 2 heterocycles. The van der Waals surface area contributed by atoms with Gasteiger partial charge in [0, 0.05) is 38.1 Å². The van der Waals surface area contributed by atoms with Gasteiger partial charge in [0.2, 0.25) is 11.8 Å². The number of hydrogen-bond donors (Lipinski definition) is 1. The molecule has 0 bridgehead atoms. The largest absolute Gasteiger partial charge is 0.396 e. The van der Waals surface area contributed by atoms with Crippen LogP contribution in [0.3, 0.4) is 0 Å². The highest BCUT2D eigenvalue weighted by atomic mass is 16.5. The lowest BCUT2D eigenvalue weighted by atomic mass is 9.74. The van der Waals surface area contributed by atoms with Crippen molar-refractivity contribution in [2.24, 2.45) is 11.3 Å². The van der Waals surface area contributed by atoms with E-state index in [1.54, 1.807) is 7.11 Å². The normalized spacial score (nSPS) is 26.7. The fourth-order valence-corrected chi connectivity index (χ4v) is 4.04. The van der Waals surface area contributed by atoms with E-state index in [1.165, 1.54) is 6.42 Å². The number of likely N-dealkylation sites (tertiary alicyclic amines) is 1. The first-order valence-electron chi connectivity index (χ1n) is 8.79. The molecule has 0 radical (unpaired) electrons. The maximum Gasteiger partial charge on any atom is 0.232 e. The van der Waals surface area contributed by atoms with Gasteiger partial charge in [0.15, 0.2) is 5.82 Å². The van der Waals surface area contributed by atoms with Crippen LogP contribution in [-0.2, 0) is 16.1 Å². The van der Waals surface area contributed by atoms with Crippen LogP contribution in [0.1, 0.15) is 56.7 Å². The van der Waals surface area contributed by atoms with Crippen LogP contribution in [0.4, 0.5) is 0 Å². The maximum atomic E-state index is 13.0. The highest BCUT2D eigenvalue weighted by Crippen LogP contribution is 2.40. The Bertz CT molecular complexity index is 568. The monoisotopic (exact) mass is 337 g/mol. The number of rotatable bonds is 5. The lowest BCUT2D eigenvalue weighted by molar-refractivity contribution is -0.142. The van der Waals surface area contributed by atoms with Crippen LogP contribution in [0.2, 0.25) is 0 Å². The summed E-state index contributed by atoms with van der Waals surface area (Å²) in [5, 5.41) is 13.6. The van der Waals surface area contributed by atoms with Crippen LogP contribution in [0.5, 0.6) is 0 Å². The molecule has 2 aliphatic rings. The fraction of sp³-hybridized carbons (Fsp3) is 0.824. The molecular formula is C17H27N3O4. The summed E-state index contributed by atoms with van der Waals surface area (Å²) in [6, 6.07) is 0. The first kappa shape index (κ1) is 17.4. The lowest BCUT2D eigenvalue weighted by Crippen LogP contribution is -2.42. The van der Waals surface area contributed by atoms with Gasteiger partial charge >= 0.3 is 0 Å². The summed E-state index contributed by atoms with van der Waals surface area (Å²) in [5.41, 5.74) is -0.261. The Balaban J connectivity index is 1.72. The Morgan fingerprint density at radius 3 is 2.79 bits per heavy atom. The summed E-state index contributed by atoms with van der Waals surface area (Å²) in [7, 11) is 1.58. The minimum Gasteiger partial charge on any atom is -0.396 e. The minimum atomic E-state index is -0.261. The molecule has 1 saturated carbocycles. The number of amides is 1. The number of aliphatic hydroxyl groups excluding tert-OH is 1. The Labute approximate surface area is 142 Å². The van der Waals surface area contributed by atoms with Crippen molar-refractivity contribution < 1.29 is 19.2 Å². The van der Waals surface area contributed by atoms with Gasteiger partial charge in [0.25, 0.3) is 0 Å². The van der Waals surface area contributed by atoms with Gasteiger partial charge in [-0.2, -0.15) is 4.98 Å². The molecular weight excluding hydrogens is 310 g/mol. The third kappa shape index (κ3) is 3.32. The third-order valence-corrected chi connectivity index (χ3v) is 5.51. The topological polar surface area (TPSA) is 88.7 Å². The summed E-state index contributed by atoms with van der Waals surface area (Å²) >= 11 is 0. The first-order valence-corrected chi connectivity index (χ1v) is 8.79.